The molecule has 9 nitrogen and oxygen atoms in total. The van der Waals surface area contributed by atoms with Crippen LogP contribution >= 0.6 is 0 Å². The monoisotopic (exact) mass is 352 g/mol. The van der Waals surface area contributed by atoms with E-state index in [2.05, 4.69) is 25.9 Å². The summed E-state index contributed by atoms with van der Waals surface area (Å²) in [5.41, 5.74) is 1.92. The Bertz CT molecular complexity index is 902. The van der Waals surface area contributed by atoms with E-state index in [9.17, 15) is 4.79 Å². The van der Waals surface area contributed by atoms with Crippen LogP contribution in [0.25, 0.3) is 5.69 Å². The van der Waals surface area contributed by atoms with Crippen molar-refractivity contribution in [1.82, 2.24) is 34.9 Å². The molecule has 1 amide bonds. The Morgan fingerprint density at radius 1 is 1.23 bits per heavy atom. The molecule has 0 saturated carbocycles. The largest absolute Gasteiger partial charge is 0.352 e. The highest BCUT2D eigenvalue weighted by atomic mass is 16.2. The first-order chi connectivity index (χ1) is 12.6. The predicted molar refractivity (Wildman–Crippen MR) is 94.5 cm³/mol. The molecule has 1 aliphatic rings. The SMILES string of the molecule is CN1C(=O)C[C@@H](CNc2nnnn2-c2ccccc2)[C@@H]1c1cnn(C)c1. The summed E-state index contributed by atoms with van der Waals surface area (Å²) in [7, 11) is 3.72. The van der Waals surface area contributed by atoms with Crippen molar-refractivity contribution in [1.29, 1.82) is 0 Å². The minimum absolute atomic E-state index is 0.00949. The highest BCUT2D eigenvalue weighted by molar-refractivity contribution is 5.79. The molecule has 1 aromatic carbocycles. The average Bonchev–Trinajstić information content (AvgIpc) is 3.34. The first kappa shape index (κ1) is 16.2. The third-order valence-electron chi connectivity index (χ3n) is 4.75. The molecule has 0 unspecified atom stereocenters. The Kier molecular flexibility index (Phi) is 4.11. The van der Waals surface area contributed by atoms with Crippen LogP contribution in [0.3, 0.4) is 0 Å². The lowest BCUT2D eigenvalue weighted by Gasteiger charge is -2.24. The van der Waals surface area contributed by atoms with Crippen LogP contribution in [0.5, 0.6) is 0 Å². The first-order valence-corrected chi connectivity index (χ1v) is 8.45. The van der Waals surface area contributed by atoms with Gasteiger partial charge in [-0.15, -0.1) is 0 Å². The molecule has 1 fully saturated rings. The number of carbonyl (C=O) groups excluding carboxylic acids is 1. The fraction of sp³-hybridized carbons (Fsp3) is 0.353. The lowest BCUT2D eigenvalue weighted by molar-refractivity contribution is -0.127. The number of benzene rings is 1. The minimum atomic E-state index is -0.00949. The molecular weight excluding hydrogens is 332 g/mol. The molecule has 0 spiro atoms. The lowest BCUT2D eigenvalue weighted by Crippen LogP contribution is -2.26. The van der Waals surface area contributed by atoms with Gasteiger partial charge in [-0.05, 0) is 22.6 Å². The molecule has 2 aromatic heterocycles. The summed E-state index contributed by atoms with van der Waals surface area (Å²) in [6, 6.07) is 9.68. The van der Waals surface area contributed by atoms with Crippen LogP contribution in [0.2, 0.25) is 0 Å². The highest BCUT2D eigenvalue weighted by Gasteiger charge is 2.39. The zero-order chi connectivity index (χ0) is 18.1. The number of carbonyl (C=O) groups is 1. The minimum Gasteiger partial charge on any atom is -0.352 e. The second-order valence-corrected chi connectivity index (χ2v) is 6.49. The predicted octanol–water partition coefficient (Wildman–Crippen LogP) is 1.03. The molecule has 1 aliphatic heterocycles. The van der Waals surface area contributed by atoms with Crippen LogP contribution in [0, 0.1) is 5.92 Å². The van der Waals surface area contributed by atoms with Crippen LogP contribution in [0.4, 0.5) is 5.95 Å². The van der Waals surface area contributed by atoms with Crippen LogP contribution in [0.15, 0.2) is 42.7 Å². The van der Waals surface area contributed by atoms with E-state index in [0.717, 1.165) is 11.3 Å². The summed E-state index contributed by atoms with van der Waals surface area (Å²) in [6.07, 6.45) is 4.26. The van der Waals surface area contributed by atoms with E-state index < -0.39 is 0 Å². The summed E-state index contributed by atoms with van der Waals surface area (Å²) < 4.78 is 3.41. The molecule has 9 heteroatoms. The molecule has 0 radical (unpaired) electrons. The lowest BCUT2D eigenvalue weighted by atomic mass is 9.96. The molecular formula is C17H20N8O. The van der Waals surface area contributed by atoms with E-state index in [1.807, 2.05) is 56.8 Å². The molecule has 1 N–H and O–H groups in total. The van der Waals surface area contributed by atoms with Crippen molar-refractivity contribution in [2.45, 2.75) is 12.5 Å². The van der Waals surface area contributed by atoms with Gasteiger partial charge in [0.1, 0.15) is 0 Å². The number of anilines is 1. The third-order valence-corrected chi connectivity index (χ3v) is 4.75. The number of hydrogen-bond donors (Lipinski definition) is 1. The topological polar surface area (TPSA) is 93.8 Å². The Hall–Kier alpha value is -3.23. The Morgan fingerprint density at radius 2 is 2.04 bits per heavy atom. The summed E-state index contributed by atoms with van der Waals surface area (Å²) in [5.74, 6) is 0.800. The van der Waals surface area contributed by atoms with E-state index >= 15 is 0 Å². The number of nitrogens with zero attached hydrogens (tertiary/aromatic N) is 7. The van der Waals surface area contributed by atoms with Gasteiger partial charge in [0.25, 0.3) is 0 Å². The maximum Gasteiger partial charge on any atom is 0.247 e. The maximum absolute atomic E-state index is 12.3. The zero-order valence-corrected chi connectivity index (χ0v) is 14.6. The van der Waals surface area contributed by atoms with Crippen molar-refractivity contribution >= 4 is 11.9 Å². The molecule has 134 valence electrons. The van der Waals surface area contributed by atoms with Crippen molar-refractivity contribution in [3.05, 3.63) is 48.3 Å². The number of rotatable bonds is 5. The van der Waals surface area contributed by atoms with Gasteiger partial charge in [-0.3, -0.25) is 9.48 Å². The number of aryl methyl sites for hydroxylation is 1. The molecule has 26 heavy (non-hydrogen) atoms. The Morgan fingerprint density at radius 3 is 2.77 bits per heavy atom. The molecule has 4 rings (SSSR count). The van der Waals surface area contributed by atoms with Gasteiger partial charge < -0.3 is 10.2 Å². The van der Waals surface area contributed by atoms with Crippen molar-refractivity contribution in [3.63, 3.8) is 0 Å². The normalized spacial score (nSPS) is 19.9. The van der Waals surface area contributed by atoms with E-state index in [0.29, 0.717) is 18.9 Å². The number of para-hydroxylation sites is 1. The molecule has 1 saturated heterocycles. The van der Waals surface area contributed by atoms with Crippen molar-refractivity contribution in [3.8, 4) is 5.69 Å². The van der Waals surface area contributed by atoms with Crippen molar-refractivity contribution < 1.29 is 4.79 Å². The summed E-state index contributed by atoms with van der Waals surface area (Å²) >= 11 is 0. The third kappa shape index (κ3) is 2.92. The summed E-state index contributed by atoms with van der Waals surface area (Å²) in [6.45, 7) is 0.586. The Balaban J connectivity index is 1.53. The molecule has 3 aromatic rings. The fourth-order valence-corrected chi connectivity index (χ4v) is 3.49. The standard InChI is InChI=1S/C17H20N8O/c1-23-11-13(10-19-23)16-12(8-15(26)24(16)2)9-18-17-20-21-22-25(17)14-6-4-3-5-7-14/h3-7,10-12,16H,8-9H2,1-2H3,(H,18,20,22)/t12-,16+/m0/s1. The second kappa shape index (κ2) is 6.58. The summed E-state index contributed by atoms with van der Waals surface area (Å²) in [5, 5.41) is 19.4. The first-order valence-electron chi connectivity index (χ1n) is 8.45. The summed E-state index contributed by atoms with van der Waals surface area (Å²) in [4.78, 5) is 14.0. The number of hydrogen-bond acceptors (Lipinski definition) is 6. The van der Waals surface area contributed by atoms with Gasteiger partial charge in [0.2, 0.25) is 11.9 Å². The van der Waals surface area contributed by atoms with Crippen LogP contribution in [-0.4, -0.2) is 54.4 Å². The van der Waals surface area contributed by atoms with Crippen LogP contribution < -0.4 is 5.32 Å². The quantitative estimate of drug-likeness (QED) is 0.737. The van der Waals surface area contributed by atoms with E-state index in [4.69, 9.17) is 0 Å². The van der Waals surface area contributed by atoms with E-state index in [1.165, 1.54) is 0 Å². The van der Waals surface area contributed by atoms with Gasteiger partial charge in [0.05, 0.1) is 17.9 Å². The number of tetrazole rings is 1. The van der Waals surface area contributed by atoms with Gasteiger partial charge in [-0.2, -0.15) is 9.78 Å². The highest BCUT2D eigenvalue weighted by Crippen LogP contribution is 2.36. The molecule has 3 heterocycles. The van der Waals surface area contributed by atoms with Gasteiger partial charge in [0, 0.05) is 44.7 Å². The smallest absolute Gasteiger partial charge is 0.247 e. The van der Waals surface area contributed by atoms with E-state index in [-0.39, 0.29) is 17.9 Å². The second-order valence-electron chi connectivity index (χ2n) is 6.49. The van der Waals surface area contributed by atoms with Gasteiger partial charge in [-0.25, -0.2) is 0 Å². The van der Waals surface area contributed by atoms with Gasteiger partial charge >= 0.3 is 0 Å². The van der Waals surface area contributed by atoms with Crippen LogP contribution in [0.1, 0.15) is 18.0 Å². The zero-order valence-electron chi connectivity index (χ0n) is 14.6. The fourth-order valence-electron chi connectivity index (χ4n) is 3.49. The number of likely N-dealkylation sites (tertiary alicyclic amines) is 1. The maximum atomic E-state index is 12.3. The molecule has 2 atom stereocenters. The van der Waals surface area contributed by atoms with Gasteiger partial charge in [0.15, 0.2) is 0 Å². The molecule has 0 bridgehead atoms. The molecule has 0 aliphatic carbocycles. The van der Waals surface area contributed by atoms with Crippen molar-refractivity contribution in [2.75, 3.05) is 18.9 Å². The van der Waals surface area contributed by atoms with Crippen LogP contribution in [-0.2, 0) is 11.8 Å². The van der Waals surface area contributed by atoms with Gasteiger partial charge in [-0.1, -0.05) is 23.3 Å². The Labute approximate surface area is 150 Å². The number of amides is 1. The number of aromatic nitrogens is 6. The average molecular weight is 352 g/mol. The van der Waals surface area contributed by atoms with Crippen molar-refractivity contribution in [2.24, 2.45) is 13.0 Å². The van der Waals surface area contributed by atoms with E-state index in [1.54, 1.807) is 14.3 Å². The number of nitrogens with one attached hydrogen (secondary N) is 1.